The van der Waals surface area contributed by atoms with Crippen molar-refractivity contribution in [2.45, 2.75) is 20.0 Å². The van der Waals surface area contributed by atoms with E-state index < -0.39 is 18.0 Å². The van der Waals surface area contributed by atoms with E-state index in [-0.39, 0.29) is 5.88 Å². The molecule has 0 aromatic carbocycles. The summed E-state index contributed by atoms with van der Waals surface area (Å²) in [6.45, 7) is 3.65. The Hall–Kier alpha value is -1.03. The number of carbonyl (C=O) groups is 2. The van der Waals surface area contributed by atoms with Gasteiger partial charge in [-0.1, -0.05) is 0 Å². The van der Waals surface area contributed by atoms with Crippen LogP contribution in [0.3, 0.4) is 0 Å². The summed E-state index contributed by atoms with van der Waals surface area (Å²) in [5.41, 5.74) is 0. The average molecular weight is 221 g/mol. The molecule has 0 aromatic rings. The summed E-state index contributed by atoms with van der Waals surface area (Å²) in [7, 11) is 0. The van der Waals surface area contributed by atoms with Gasteiger partial charge < -0.3 is 9.47 Å². The maximum Gasteiger partial charge on any atom is 0.330 e. The minimum absolute atomic E-state index is 0.197. The van der Waals surface area contributed by atoms with Crippen molar-refractivity contribution in [1.82, 2.24) is 0 Å². The third-order valence-corrected chi connectivity index (χ3v) is 1.43. The quantitative estimate of drug-likeness (QED) is 0.398. The summed E-state index contributed by atoms with van der Waals surface area (Å²) < 4.78 is 9.39. The smallest absolute Gasteiger partial charge is 0.330 e. The molecule has 1 atom stereocenters. The van der Waals surface area contributed by atoms with Gasteiger partial charge in [-0.15, -0.1) is 11.6 Å². The van der Waals surface area contributed by atoms with E-state index in [1.54, 1.807) is 13.8 Å². The number of esters is 2. The minimum atomic E-state index is -0.521. The SMILES string of the molecule is CCOC(=O)/C=C/C(C)OC(=O)CCl. The maximum atomic E-state index is 10.8. The molecule has 4 nitrogen and oxygen atoms in total. The van der Waals surface area contributed by atoms with E-state index in [9.17, 15) is 9.59 Å². The highest BCUT2D eigenvalue weighted by atomic mass is 35.5. The van der Waals surface area contributed by atoms with Gasteiger partial charge in [0.1, 0.15) is 12.0 Å². The van der Waals surface area contributed by atoms with Crippen molar-refractivity contribution in [2.75, 3.05) is 12.5 Å². The zero-order valence-electron chi connectivity index (χ0n) is 8.16. The predicted octanol–water partition coefficient (Wildman–Crippen LogP) is 1.28. The minimum Gasteiger partial charge on any atom is -0.463 e. The zero-order valence-corrected chi connectivity index (χ0v) is 8.91. The number of halogens is 1. The van der Waals surface area contributed by atoms with Crippen LogP contribution in [0.25, 0.3) is 0 Å². The van der Waals surface area contributed by atoms with E-state index in [2.05, 4.69) is 4.74 Å². The van der Waals surface area contributed by atoms with Crippen molar-refractivity contribution >= 4 is 23.5 Å². The van der Waals surface area contributed by atoms with Crippen LogP contribution in [-0.2, 0) is 19.1 Å². The molecule has 0 amide bonds. The first kappa shape index (κ1) is 13.0. The Balaban J connectivity index is 3.86. The monoisotopic (exact) mass is 220 g/mol. The van der Waals surface area contributed by atoms with E-state index in [4.69, 9.17) is 16.3 Å². The van der Waals surface area contributed by atoms with E-state index in [0.29, 0.717) is 6.61 Å². The van der Waals surface area contributed by atoms with Gasteiger partial charge in [0.05, 0.1) is 6.61 Å². The molecule has 0 radical (unpaired) electrons. The third-order valence-electron chi connectivity index (χ3n) is 1.22. The lowest BCUT2D eigenvalue weighted by molar-refractivity contribution is -0.143. The van der Waals surface area contributed by atoms with Crippen LogP contribution in [0.5, 0.6) is 0 Å². The Bertz CT molecular complexity index is 225. The number of ether oxygens (including phenoxy) is 2. The van der Waals surface area contributed by atoms with Crippen molar-refractivity contribution in [3.8, 4) is 0 Å². The summed E-state index contributed by atoms with van der Waals surface area (Å²) >= 11 is 5.22. The summed E-state index contributed by atoms with van der Waals surface area (Å²) in [6.07, 6.45) is 2.17. The fourth-order valence-electron chi connectivity index (χ4n) is 0.683. The molecule has 0 fully saturated rings. The first-order chi connectivity index (χ1) is 6.60. The number of rotatable bonds is 5. The van der Waals surface area contributed by atoms with Crippen LogP contribution in [0.15, 0.2) is 12.2 Å². The summed E-state index contributed by atoms with van der Waals surface area (Å²) in [5, 5.41) is 0. The molecule has 0 heterocycles. The largest absolute Gasteiger partial charge is 0.463 e. The highest BCUT2D eigenvalue weighted by Crippen LogP contribution is 1.95. The normalized spacial score (nSPS) is 12.5. The van der Waals surface area contributed by atoms with Crippen LogP contribution in [0, 0.1) is 0 Å². The molecular weight excluding hydrogens is 208 g/mol. The Labute approximate surface area is 87.8 Å². The molecule has 0 aliphatic heterocycles. The Morgan fingerprint density at radius 1 is 1.50 bits per heavy atom. The molecule has 0 aromatic heterocycles. The molecule has 0 aliphatic rings. The van der Waals surface area contributed by atoms with Gasteiger partial charge in [0.25, 0.3) is 0 Å². The topological polar surface area (TPSA) is 52.6 Å². The number of hydrogen-bond donors (Lipinski definition) is 0. The van der Waals surface area contributed by atoms with Gasteiger partial charge in [-0.25, -0.2) is 4.79 Å². The second kappa shape index (κ2) is 7.38. The van der Waals surface area contributed by atoms with Crippen molar-refractivity contribution < 1.29 is 19.1 Å². The second-order valence-corrected chi connectivity index (χ2v) is 2.71. The fraction of sp³-hybridized carbons (Fsp3) is 0.556. The fourth-order valence-corrected chi connectivity index (χ4v) is 0.746. The van der Waals surface area contributed by atoms with Crippen molar-refractivity contribution in [3.05, 3.63) is 12.2 Å². The van der Waals surface area contributed by atoms with Crippen LogP contribution >= 0.6 is 11.6 Å². The second-order valence-electron chi connectivity index (χ2n) is 2.44. The number of alkyl halides is 1. The first-order valence-corrected chi connectivity index (χ1v) is 4.74. The van der Waals surface area contributed by atoms with Gasteiger partial charge in [-0.2, -0.15) is 0 Å². The molecule has 80 valence electrons. The lowest BCUT2D eigenvalue weighted by Crippen LogP contribution is -2.14. The van der Waals surface area contributed by atoms with Crippen molar-refractivity contribution in [2.24, 2.45) is 0 Å². The number of hydrogen-bond acceptors (Lipinski definition) is 4. The molecule has 0 spiro atoms. The standard InChI is InChI=1S/C9H13ClO4/c1-3-13-8(11)5-4-7(2)14-9(12)6-10/h4-5,7H,3,6H2,1-2H3/b5-4+. The van der Waals surface area contributed by atoms with Gasteiger partial charge >= 0.3 is 11.9 Å². The molecule has 14 heavy (non-hydrogen) atoms. The molecular formula is C9H13ClO4. The molecule has 0 aliphatic carbocycles. The van der Waals surface area contributed by atoms with Gasteiger partial charge in [0.2, 0.25) is 0 Å². The molecule has 0 saturated heterocycles. The molecule has 0 bridgehead atoms. The lowest BCUT2D eigenvalue weighted by Gasteiger charge is -2.06. The van der Waals surface area contributed by atoms with Crippen molar-refractivity contribution in [1.29, 1.82) is 0 Å². The molecule has 0 rings (SSSR count). The Morgan fingerprint density at radius 3 is 2.64 bits per heavy atom. The summed E-state index contributed by atoms with van der Waals surface area (Å²) in [6, 6.07) is 0. The van der Waals surface area contributed by atoms with Gasteiger partial charge in [0, 0.05) is 6.08 Å². The highest BCUT2D eigenvalue weighted by Gasteiger charge is 2.05. The van der Waals surface area contributed by atoms with Gasteiger partial charge in [0.15, 0.2) is 0 Å². The third kappa shape index (κ3) is 6.48. The van der Waals surface area contributed by atoms with E-state index in [1.807, 2.05) is 0 Å². The van der Waals surface area contributed by atoms with Crippen LogP contribution in [0.2, 0.25) is 0 Å². The predicted molar refractivity (Wildman–Crippen MR) is 52.0 cm³/mol. The van der Waals surface area contributed by atoms with Gasteiger partial charge in [-0.05, 0) is 19.9 Å². The van der Waals surface area contributed by atoms with Gasteiger partial charge in [-0.3, -0.25) is 4.79 Å². The zero-order chi connectivity index (χ0) is 11.0. The number of carbonyl (C=O) groups excluding carboxylic acids is 2. The Morgan fingerprint density at radius 2 is 2.14 bits per heavy atom. The highest BCUT2D eigenvalue weighted by molar-refractivity contribution is 6.26. The van der Waals surface area contributed by atoms with Crippen LogP contribution in [0.4, 0.5) is 0 Å². The molecule has 0 N–H and O–H groups in total. The van der Waals surface area contributed by atoms with E-state index >= 15 is 0 Å². The van der Waals surface area contributed by atoms with E-state index in [1.165, 1.54) is 12.2 Å². The van der Waals surface area contributed by atoms with Crippen LogP contribution < -0.4 is 0 Å². The summed E-state index contributed by atoms with van der Waals surface area (Å²) in [4.78, 5) is 21.5. The van der Waals surface area contributed by atoms with E-state index in [0.717, 1.165) is 0 Å². The lowest BCUT2D eigenvalue weighted by atomic mass is 10.3. The molecule has 5 heteroatoms. The van der Waals surface area contributed by atoms with Crippen molar-refractivity contribution in [3.63, 3.8) is 0 Å². The maximum absolute atomic E-state index is 10.8. The summed E-state index contributed by atoms with van der Waals surface area (Å²) in [5.74, 6) is -1.17. The van der Waals surface area contributed by atoms with Crippen LogP contribution in [0.1, 0.15) is 13.8 Å². The first-order valence-electron chi connectivity index (χ1n) is 4.20. The van der Waals surface area contributed by atoms with Crippen LogP contribution in [-0.4, -0.2) is 30.5 Å². The average Bonchev–Trinajstić information content (AvgIpc) is 2.15. The molecule has 1 unspecified atom stereocenters. The Kier molecular flexibility index (Phi) is 6.84. The molecule has 0 saturated carbocycles.